The summed E-state index contributed by atoms with van der Waals surface area (Å²) in [7, 11) is 0. The van der Waals surface area contributed by atoms with Crippen molar-refractivity contribution in [2.24, 2.45) is 5.10 Å². The fourth-order valence-electron chi connectivity index (χ4n) is 4.37. The number of hydrogen-bond donors (Lipinski definition) is 0. The van der Waals surface area contributed by atoms with Crippen molar-refractivity contribution in [1.29, 1.82) is 0 Å². The van der Waals surface area contributed by atoms with Crippen molar-refractivity contribution in [1.82, 2.24) is 14.8 Å². The summed E-state index contributed by atoms with van der Waals surface area (Å²) in [6.07, 6.45) is 2.68. The molecule has 5 rings (SSSR count). The van der Waals surface area contributed by atoms with Crippen LogP contribution in [-0.2, 0) is 16.1 Å². The molecule has 9 nitrogen and oxygen atoms in total. The quantitative estimate of drug-likeness (QED) is 0.353. The second-order valence-electron chi connectivity index (χ2n) is 8.88. The van der Waals surface area contributed by atoms with Gasteiger partial charge in [0.1, 0.15) is 11.8 Å². The number of hydrazone groups is 1. The number of aryl methyl sites for hydroxylation is 2. The summed E-state index contributed by atoms with van der Waals surface area (Å²) >= 11 is 0. The largest absolute Gasteiger partial charge is 0.467 e. The van der Waals surface area contributed by atoms with E-state index in [0.717, 1.165) is 16.8 Å². The van der Waals surface area contributed by atoms with Crippen LogP contribution in [0.2, 0.25) is 0 Å². The number of fused-ring (bicyclic) bond motifs is 1. The predicted molar refractivity (Wildman–Crippen MR) is 137 cm³/mol. The van der Waals surface area contributed by atoms with Crippen LogP contribution in [0.3, 0.4) is 0 Å². The molecule has 0 spiro atoms. The average molecular weight is 499 g/mol. The normalized spacial score (nSPS) is 15.1. The van der Waals surface area contributed by atoms with Gasteiger partial charge in [-0.05, 0) is 37.1 Å². The molecular weight excluding hydrogens is 472 g/mol. The summed E-state index contributed by atoms with van der Waals surface area (Å²) in [5.41, 5.74) is 2.48. The number of furan rings is 1. The van der Waals surface area contributed by atoms with Crippen LogP contribution in [0, 0.1) is 6.92 Å². The summed E-state index contributed by atoms with van der Waals surface area (Å²) in [4.78, 5) is 39.0. The monoisotopic (exact) mass is 498 g/mol. The number of rotatable bonds is 7. The summed E-state index contributed by atoms with van der Waals surface area (Å²) in [6.45, 7) is 3.74. The Bertz CT molecular complexity index is 1540. The second-order valence-corrected chi connectivity index (χ2v) is 8.88. The Morgan fingerprint density at radius 2 is 1.81 bits per heavy atom. The van der Waals surface area contributed by atoms with Crippen LogP contribution in [0.15, 0.2) is 81.2 Å². The van der Waals surface area contributed by atoms with Crippen molar-refractivity contribution < 1.29 is 18.7 Å². The van der Waals surface area contributed by atoms with Gasteiger partial charge in [-0.15, -0.1) is 0 Å². The Labute approximate surface area is 213 Å². The van der Waals surface area contributed by atoms with Crippen LogP contribution in [0.5, 0.6) is 0 Å². The third-order valence-electron chi connectivity index (χ3n) is 6.25. The Morgan fingerprint density at radius 3 is 2.51 bits per heavy atom. The summed E-state index contributed by atoms with van der Waals surface area (Å²) in [6, 6.07) is 17.7. The number of ether oxygens (including phenoxy) is 1. The van der Waals surface area contributed by atoms with Crippen LogP contribution in [-0.4, -0.2) is 39.0 Å². The highest BCUT2D eigenvalue weighted by atomic mass is 16.5. The predicted octanol–water partition coefficient (Wildman–Crippen LogP) is 4.24. The van der Waals surface area contributed by atoms with E-state index in [-0.39, 0.29) is 11.3 Å². The van der Waals surface area contributed by atoms with E-state index in [9.17, 15) is 14.4 Å². The van der Waals surface area contributed by atoms with Gasteiger partial charge >= 0.3 is 5.97 Å². The zero-order valence-corrected chi connectivity index (χ0v) is 20.6. The molecule has 2 aromatic carbocycles. The fourth-order valence-corrected chi connectivity index (χ4v) is 4.37. The van der Waals surface area contributed by atoms with E-state index < -0.39 is 24.5 Å². The molecule has 1 atom stereocenters. The minimum atomic E-state index is -0.786. The number of carbonyl (C=O) groups excluding carboxylic acids is 2. The van der Waals surface area contributed by atoms with Crippen molar-refractivity contribution in [3.05, 3.63) is 99.9 Å². The van der Waals surface area contributed by atoms with Gasteiger partial charge in [0.15, 0.2) is 12.3 Å². The molecule has 0 radical (unpaired) electrons. The smallest absolute Gasteiger partial charge is 0.359 e. The zero-order chi connectivity index (χ0) is 25.9. The molecule has 0 fully saturated rings. The number of hydrogen-bond acceptors (Lipinski definition) is 7. The Morgan fingerprint density at radius 1 is 1.05 bits per heavy atom. The van der Waals surface area contributed by atoms with Crippen molar-refractivity contribution in [3.63, 3.8) is 0 Å². The maximum absolute atomic E-state index is 13.2. The highest BCUT2D eigenvalue weighted by Gasteiger charge is 2.35. The third-order valence-corrected chi connectivity index (χ3v) is 6.25. The van der Waals surface area contributed by atoms with Gasteiger partial charge in [-0.3, -0.25) is 9.59 Å². The molecule has 4 aromatic rings. The number of nitrogens with zero attached hydrogens (tertiary/aromatic N) is 4. The van der Waals surface area contributed by atoms with Gasteiger partial charge in [0, 0.05) is 18.4 Å². The average Bonchev–Trinajstić information content (AvgIpc) is 3.60. The zero-order valence-electron chi connectivity index (χ0n) is 20.6. The SMILES string of the molecule is CCCn1nc(C(=O)OCC(=O)N2N=C(c3ccc(C)cc3)CC2c2ccco2)c2ccccc2c1=O. The van der Waals surface area contributed by atoms with Gasteiger partial charge < -0.3 is 9.15 Å². The van der Waals surface area contributed by atoms with Gasteiger partial charge in [-0.1, -0.05) is 55.0 Å². The summed E-state index contributed by atoms with van der Waals surface area (Å²) in [5, 5.41) is 10.9. The molecule has 1 aliphatic rings. The topological polar surface area (TPSA) is 107 Å². The number of amides is 1. The van der Waals surface area contributed by atoms with Crippen LogP contribution < -0.4 is 5.56 Å². The number of benzene rings is 2. The van der Waals surface area contributed by atoms with Gasteiger partial charge in [0.25, 0.3) is 11.5 Å². The van der Waals surface area contributed by atoms with Gasteiger partial charge in [0.05, 0.1) is 17.4 Å². The molecule has 188 valence electrons. The second kappa shape index (κ2) is 10.2. The molecule has 1 unspecified atom stereocenters. The van der Waals surface area contributed by atoms with Crippen molar-refractivity contribution in [2.45, 2.75) is 39.3 Å². The number of carbonyl (C=O) groups is 2. The number of esters is 1. The first-order valence-corrected chi connectivity index (χ1v) is 12.1. The van der Waals surface area contributed by atoms with Crippen LogP contribution in [0.25, 0.3) is 10.8 Å². The Hall–Kier alpha value is -4.53. The molecule has 1 aliphatic heterocycles. The maximum atomic E-state index is 13.2. The molecule has 0 aliphatic carbocycles. The number of aromatic nitrogens is 2. The standard InChI is InChI=1S/C28H26N4O5/c1-3-14-31-27(34)21-8-5-4-7-20(21)26(30-31)28(35)37-17-25(33)32-23(24-9-6-15-36-24)16-22(29-32)19-12-10-18(2)11-13-19/h4-13,15,23H,3,14,16-17H2,1-2H3. The lowest BCUT2D eigenvalue weighted by atomic mass is 10.0. The maximum Gasteiger partial charge on any atom is 0.359 e. The first-order valence-electron chi connectivity index (χ1n) is 12.1. The van der Waals surface area contributed by atoms with Crippen molar-refractivity contribution in [2.75, 3.05) is 6.61 Å². The van der Waals surface area contributed by atoms with Crippen LogP contribution in [0.4, 0.5) is 0 Å². The highest BCUT2D eigenvalue weighted by molar-refractivity contribution is 6.04. The molecular formula is C28H26N4O5. The van der Waals surface area contributed by atoms with E-state index in [4.69, 9.17) is 9.15 Å². The summed E-state index contributed by atoms with van der Waals surface area (Å²) < 4.78 is 12.2. The first-order chi connectivity index (χ1) is 18.0. The first kappa shape index (κ1) is 24.2. The lowest BCUT2D eigenvalue weighted by molar-refractivity contribution is -0.136. The Kier molecular flexibility index (Phi) is 6.68. The van der Waals surface area contributed by atoms with E-state index in [1.165, 1.54) is 9.69 Å². The molecule has 3 heterocycles. The lowest BCUT2D eigenvalue weighted by Gasteiger charge is -2.19. The minimum absolute atomic E-state index is 0.00991. The van der Waals surface area contributed by atoms with Crippen molar-refractivity contribution >= 4 is 28.4 Å². The lowest BCUT2D eigenvalue weighted by Crippen LogP contribution is -2.32. The van der Waals surface area contributed by atoms with Crippen LogP contribution >= 0.6 is 0 Å². The van der Waals surface area contributed by atoms with E-state index in [2.05, 4.69) is 10.2 Å². The molecule has 0 N–H and O–H groups in total. The van der Waals surface area contributed by atoms with Crippen molar-refractivity contribution in [3.8, 4) is 0 Å². The van der Waals surface area contributed by atoms with Gasteiger partial charge in [-0.2, -0.15) is 10.2 Å². The third kappa shape index (κ3) is 4.80. The summed E-state index contributed by atoms with van der Waals surface area (Å²) in [5.74, 6) is -0.696. The van der Waals surface area contributed by atoms with E-state index in [0.29, 0.717) is 35.9 Å². The van der Waals surface area contributed by atoms with Gasteiger partial charge in [0.2, 0.25) is 0 Å². The van der Waals surface area contributed by atoms with Gasteiger partial charge in [-0.25, -0.2) is 14.5 Å². The molecule has 0 bridgehead atoms. The molecule has 37 heavy (non-hydrogen) atoms. The molecule has 0 saturated heterocycles. The highest BCUT2D eigenvalue weighted by Crippen LogP contribution is 2.33. The minimum Gasteiger partial charge on any atom is -0.467 e. The van der Waals surface area contributed by atoms with E-state index in [1.54, 1.807) is 42.7 Å². The Balaban J connectivity index is 1.39. The van der Waals surface area contributed by atoms with E-state index >= 15 is 0 Å². The molecule has 9 heteroatoms. The van der Waals surface area contributed by atoms with Crippen LogP contribution in [0.1, 0.15) is 53.2 Å². The van der Waals surface area contributed by atoms with E-state index in [1.807, 2.05) is 38.1 Å². The molecule has 1 amide bonds. The fraction of sp³-hybridized carbons (Fsp3) is 0.250. The molecule has 0 saturated carbocycles. The molecule has 2 aromatic heterocycles.